The lowest BCUT2D eigenvalue weighted by atomic mass is 10.1. The van der Waals surface area contributed by atoms with Gasteiger partial charge < -0.3 is 9.64 Å². The number of benzene rings is 1. The second-order valence-corrected chi connectivity index (χ2v) is 6.64. The molecule has 2 aromatic heterocycles. The van der Waals surface area contributed by atoms with E-state index < -0.39 is 5.82 Å². The van der Waals surface area contributed by atoms with Crippen molar-refractivity contribution in [3.63, 3.8) is 0 Å². The number of fused-ring (bicyclic) bond motifs is 1. The van der Waals surface area contributed by atoms with Gasteiger partial charge in [-0.05, 0) is 19.1 Å². The smallest absolute Gasteiger partial charge is 0.254 e. The van der Waals surface area contributed by atoms with E-state index >= 15 is 0 Å². The van der Waals surface area contributed by atoms with Gasteiger partial charge in [-0.25, -0.2) is 9.37 Å². The molecule has 130 valence electrons. The highest BCUT2D eigenvalue weighted by molar-refractivity contribution is 6.35. The van der Waals surface area contributed by atoms with Crippen molar-refractivity contribution in [2.24, 2.45) is 0 Å². The molecule has 0 radical (unpaired) electrons. The standard InChI is InChI=1S/C16H14Cl2FN5O/c1-9-4-15(24-16(22-9)20-8-21-24)23-2-3-25-14(7-23)10-5-13(19)12(18)6-11(10)17/h4-6,8,14H,2-3,7H2,1H3. The largest absolute Gasteiger partial charge is 0.370 e. The van der Waals surface area contributed by atoms with Crippen LogP contribution in [-0.2, 0) is 4.74 Å². The first-order valence-corrected chi connectivity index (χ1v) is 8.47. The summed E-state index contributed by atoms with van der Waals surface area (Å²) >= 11 is 12.0. The fourth-order valence-electron chi connectivity index (χ4n) is 2.97. The lowest BCUT2D eigenvalue weighted by molar-refractivity contribution is 0.0392. The maximum atomic E-state index is 13.9. The molecule has 4 rings (SSSR count). The van der Waals surface area contributed by atoms with Crippen LogP contribution < -0.4 is 4.90 Å². The van der Waals surface area contributed by atoms with E-state index in [1.165, 1.54) is 18.5 Å². The molecule has 3 heterocycles. The van der Waals surface area contributed by atoms with Gasteiger partial charge in [0.2, 0.25) is 0 Å². The first kappa shape index (κ1) is 16.5. The number of anilines is 1. The fraction of sp³-hybridized carbons (Fsp3) is 0.312. The van der Waals surface area contributed by atoms with Crippen molar-refractivity contribution in [2.45, 2.75) is 13.0 Å². The molecule has 1 aliphatic rings. The number of rotatable bonds is 2. The van der Waals surface area contributed by atoms with E-state index in [4.69, 9.17) is 27.9 Å². The molecule has 0 amide bonds. The minimum absolute atomic E-state index is 0.00417. The lowest BCUT2D eigenvalue weighted by Crippen LogP contribution is -2.39. The summed E-state index contributed by atoms with van der Waals surface area (Å²) in [5.41, 5.74) is 1.42. The van der Waals surface area contributed by atoms with Crippen molar-refractivity contribution in [1.82, 2.24) is 19.6 Å². The topological polar surface area (TPSA) is 55.6 Å². The molecule has 3 aromatic rings. The summed E-state index contributed by atoms with van der Waals surface area (Å²) in [5, 5.41) is 4.61. The maximum Gasteiger partial charge on any atom is 0.254 e. The van der Waals surface area contributed by atoms with Gasteiger partial charge in [-0.3, -0.25) is 0 Å². The molecule has 0 aliphatic carbocycles. The molecular formula is C16H14Cl2FN5O. The van der Waals surface area contributed by atoms with E-state index in [0.29, 0.717) is 36.1 Å². The van der Waals surface area contributed by atoms with Gasteiger partial charge in [0.05, 0.1) is 11.6 Å². The van der Waals surface area contributed by atoms with Crippen LogP contribution in [0.4, 0.5) is 10.2 Å². The number of halogens is 3. The van der Waals surface area contributed by atoms with Crippen molar-refractivity contribution < 1.29 is 9.13 Å². The van der Waals surface area contributed by atoms with Crippen LogP contribution in [0.15, 0.2) is 24.5 Å². The Labute approximate surface area is 153 Å². The average Bonchev–Trinajstić information content (AvgIpc) is 3.05. The number of aromatic nitrogens is 4. The number of nitrogens with zero attached hydrogens (tertiary/aromatic N) is 5. The molecular weight excluding hydrogens is 368 g/mol. The van der Waals surface area contributed by atoms with E-state index in [9.17, 15) is 4.39 Å². The van der Waals surface area contributed by atoms with Crippen molar-refractivity contribution >= 4 is 34.8 Å². The highest BCUT2D eigenvalue weighted by Gasteiger charge is 2.27. The number of morpholine rings is 1. The minimum atomic E-state index is -0.514. The van der Waals surface area contributed by atoms with Gasteiger partial charge in [0, 0.05) is 35.4 Å². The maximum absolute atomic E-state index is 13.9. The third-order valence-corrected chi connectivity index (χ3v) is 4.76. The number of hydrogen-bond acceptors (Lipinski definition) is 5. The number of aryl methyl sites for hydroxylation is 1. The summed E-state index contributed by atoms with van der Waals surface area (Å²) in [7, 11) is 0. The highest BCUT2D eigenvalue weighted by Crippen LogP contribution is 2.33. The Morgan fingerprint density at radius 2 is 2.08 bits per heavy atom. The van der Waals surface area contributed by atoms with Crippen molar-refractivity contribution in [3.05, 3.63) is 51.6 Å². The molecule has 1 atom stereocenters. The number of hydrogen-bond donors (Lipinski definition) is 0. The molecule has 1 aliphatic heterocycles. The molecule has 0 bridgehead atoms. The van der Waals surface area contributed by atoms with Crippen LogP contribution in [0.5, 0.6) is 0 Å². The van der Waals surface area contributed by atoms with Crippen LogP contribution in [0.25, 0.3) is 5.78 Å². The summed E-state index contributed by atoms with van der Waals surface area (Å²) in [6.07, 6.45) is 1.09. The van der Waals surface area contributed by atoms with Gasteiger partial charge in [0.15, 0.2) is 0 Å². The van der Waals surface area contributed by atoms with Crippen molar-refractivity contribution in [1.29, 1.82) is 0 Å². The molecule has 0 N–H and O–H groups in total. The normalized spacial score (nSPS) is 18.1. The van der Waals surface area contributed by atoms with Crippen LogP contribution in [-0.4, -0.2) is 39.3 Å². The van der Waals surface area contributed by atoms with Gasteiger partial charge in [0.1, 0.15) is 24.1 Å². The second-order valence-electron chi connectivity index (χ2n) is 5.82. The Morgan fingerprint density at radius 1 is 1.24 bits per heavy atom. The van der Waals surface area contributed by atoms with Gasteiger partial charge in [-0.2, -0.15) is 14.6 Å². The van der Waals surface area contributed by atoms with Crippen LogP contribution in [0.3, 0.4) is 0 Å². The zero-order chi connectivity index (χ0) is 17.6. The minimum Gasteiger partial charge on any atom is -0.370 e. The van der Waals surface area contributed by atoms with Crippen LogP contribution >= 0.6 is 23.2 Å². The second kappa shape index (κ2) is 6.40. The summed E-state index contributed by atoms with van der Waals surface area (Å²) in [6.45, 7) is 3.55. The van der Waals surface area contributed by atoms with Crippen LogP contribution in [0.2, 0.25) is 10.0 Å². The Morgan fingerprint density at radius 3 is 2.92 bits per heavy atom. The highest BCUT2D eigenvalue weighted by atomic mass is 35.5. The summed E-state index contributed by atoms with van der Waals surface area (Å²) < 4.78 is 21.4. The van der Waals surface area contributed by atoms with E-state index in [2.05, 4.69) is 20.0 Å². The van der Waals surface area contributed by atoms with E-state index in [0.717, 1.165) is 11.5 Å². The van der Waals surface area contributed by atoms with E-state index in [1.807, 2.05) is 13.0 Å². The molecule has 9 heteroatoms. The third-order valence-electron chi connectivity index (χ3n) is 4.14. The lowest BCUT2D eigenvalue weighted by Gasteiger charge is -2.35. The molecule has 0 saturated carbocycles. The zero-order valence-corrected chi connectivity index (χ0v) is 14.8. The molecule has 1 unspecified atom stereocenters. The fourth-order valence-corrected chi connectivity index (χ4v) is 3.47. The Bertz CT molecular complexity index is 948. The van der Waals surface area contributed by atoms with Crippen LogP contribution in [0.1, 0.15) is 17.4 Å². The quantitative estimate of drug-likeness (QED) is 0.636. The Hall–Kier alpha value is -1.96. The predicted molar refractivity (Wildman–Crippen MR) is 92.8 cm³/mol. The first-order valence-electron chi connectivity index (χ1n) is 7.71. The van der Waals surface area contributed by atoms with Crippen molar-refractivity contribution in [3.8, 4) is 0 Å². The van der Waals surface area contributed by atoms with E-state index in [-0.39, 0.29) is 11.1 Å². The third kappa shape index (κ3) is 3.03. The molecule has 1 aromatic carbocycles. The average molecular weight is 382 g/mol. The molecule has 0 spiro atoms. The first-order chi connectivity index (χ1) is 12.0. The zero-order valence-electron chi connectivity index (χ0n) is 13.3. The predicted octanol–water partition coefficient (Wildman–Crippen LogP) is 3.46. The van der Waals surface area contributed by atoms with Gasteiger partial charge in [-0.15, -0.1) is 0 Å². The number of ether oxygens (including phenoxy) is 1. The Balaban J connectivity index is 1.69. The van der Waals surface area contributed by atoms with Crippen molar-refractivity contribution in [2.75, 3.05) is 24.6 Å². The summed E-state index contributed by atoms with van der Waals surface area (Å²) in [5.74, 6) is 0.882. The van der Waals surface area contributed by atoms with Crippen LogP contribution in [0, 0.1) is 12.7 Å². The molecule has 1 fully saturated rings. The molecule has 1 saturated heterocycles. The van der Waals surface area contributed by atoms with Gasteiger partial charge in [-0.1, -0.05) is 23.2 Å². The molecule has 6 nitrogen and oxygen atoms in total. The summed E-state index contributed by atoms with van der Waals surface area (Å²) in [6, 6.07) is 4.68. The van der Waals surface area contributed by atoms with Gasteiger partial charge >= 0.3 is 0 Å². The Kier molecular flexibility index (Phi) is 4.23. The van der Waals surface area contributed by atoms with Gasteiger partial charge in [0.25, 0.3) is 5.78 Å². The SMILES string of the molecule is Cc1cc(N2CCOC(c3cc(F)c(Cl)cc3Cl)C2)n2ncnc2n1. The summed E-state index contributed by atoms with van der Waals surface area (Å²) in [4.78, 5) is 10.6. The monoisotopic (exact) mass is 381 g/mol. The van der Waals surface area contributed by atoms with E-state index in [1.54, 1.807) is 4.52 Å². The molecule has 25 heavy (non-hydrogen) atoms.